The van der Waals surface area contributed by atoms with Crippen molar-refractivity contribution in [2.24, 2.45) is 0 Å². The number of sulfonamides is 1. The van der Waals surface area contributed by atoms with Gasteiger partial charge in [-0.15, -0.1) is 5.10 Å². The van der Waals surface area contributed by atoms with Crippen molar-refractivity contribution in [2.75, 3.05) is 13.7 Å². The molecular weight excluding hydrogens is 268 g/mol. The summed E-state index contributed by atoms with van der Waals surface area (Å²) in [4.78, 5) is 4.28. The van der Waals surface area contributed by atoms with Crippen LogP contribution in [0.4, 0.5) is 0 Å². The van der Waals surface area contributed by atoms with E-state index in [0.717, 1.165) is 0 Å². The van der Waals surface area contributed by atoms with E-state index in [1.807, 2.05) is 6.92 Å². The number of H-pyrrole nitrogens is 1. The number of hydrogen-bond acceptors (Lipinski definition) is 5. The highest BCUT2D eigenvalue weighted by atomic mass is 32.2. The van der Waals surface area contributed by atoms with Crippen LogP contribution in [0, 0.1) is 0 Å². The van der Waals surface area contributed by atoms with Crippen LogP contribution in [0.1, 0.15) is 6.92 Å². The Morgan fingerprint density at radius 3 is 2.89 bits per heavy atom. The molecule has 2 rings (SSSR count). The van der Waals surface area contributed by atoms with Crippen molar-refractivity contribution < 1.29 is 13.2 Å². The molecule has 2 aromatic rings. The third-order valence-corrected chi connectivity index (χ3v) is 3.84. The van der Waals surface area contributed by atoms with Crippen LogP contribution < -0.4 is 9.46 Å². The van der Waals surface area contributed by atoms with Crippen molar-refractivity contribution in [3.63, 3.8) is 0 Å². The van der Waals surface area contributed by atoms with E-state index in [1.165, 1.54) is 19.2 Å². The lowest BCUT2D eigenvalue weighted by molar-refractivity contribution is 0.314. The molecule has 0 aliphatic carbocycles. The van der Waals surface area contributed by atoms with Crippen molar-refractivity contribution in [1.82, 2.24) is 19.9 Å². The number of rotatable bonds is 5. The summed E-state index contributed by atoms with van der Waals surface area (Å²) in [5.41, 5.74) is 0.620. The molecule has 2 N–H and O–H groups in total. The maximum Gasteiger partial charge on any atom is 0.335 e. The maximum absolute atomic E-state index is 11.7. The van der Waals surface area contributed by atoms with Crippen molar-refractivity contribution >= 4 is 10.0 Å². The van der Waals surface area contributed by atoms with Crippen LogP contribution in [-0.4, -0.2) is 37.3 Å². The van der Waals surface area contributed by atoms with E-state index in [9.17, 15) is 8.42 Å². The van der Waals surface area contributed by atoms with Crippen molar-refractivity contribution in [3.05, 3.63) is 24.3 Å². The molecule has 0 radical (unpaired) electrons. The molecule has 1 heterocycles. The summed E-state index contributed by atoms with van der Waals surface area (Å²) in [6.45, 7) is 2.29. The fourth-order valence-corrected chi connectivity index (χ4v) is 2.27. The molecule has 0 aliphatic rings. The first-order valence-electron chi connectivity index (χ1n) is 5.66. The van der Waals surface area contributed by atoms with Gasteiger partial charge in [0.05, 0.1) is 11.5 Å². The monoisotopic (exact) mass is 282 g/mol. The SMILES string of the molecule is CCOc1n[nH]c(-c2cccc(S(=O)(=O)NC)c2)n1. The lowest BCUT2D eigenvalue weighted by Crippen LogP contribution is -2.18. The van der Waals surface area contributed by atoms with Crippen LogP contribution >= 0.6 is 0 Å². The third-order valence-electron chi connectivity index (χ3n) is 2.42. The summed E-state index contributed by atoms with van der Waals surface area (Å²) in [5, 5.41) is 6.57. The largest absolute Gasteiger partial charge is 0.463 e. The third kappa shape index (κ3) is 2.91. The molecule has 0 aliphatic heterocycles. The molecule has 1 aromatic heterocycles. The summed E-state index contributed by atoms with van der Waals surface area (Å²) in [7, 11) is -2.11. The van der Waals surface area contributed by atoms with Crippen LogP contribution in [0.3, 0.4) is 0 Å². The summed E-state index contributed by atoms with van der Waals surface area (Å²) < 4.78 is 30.8. The van der Waals surface area contributed by atoms with Gasteiger partial charge in [0.15, 0.2) is 5.82 Å². The topological polar surface area (TPSA) is 97.0 Å². The van der Waals surface area contributed by atoms with E-state index >= 15 is 0 Å². The van der Waals surface area contributed by atoms with Crippen LogP contribution in [0.15, 0.2) is 29.2 Å². The first-order valence-corrected chi connectivity index (χ1v) is 7.14. The first kappa shape index (κ1) is 13.5. The van der Waals surface area contributed by atoms with Crippen LogP contribution in [0.5, 0.6) is 6.01 Å². The second-order valence-corrected chi connectivity index (χ2v) is 5.52. The van der Waals surface area contributed by atoms with Gasteiger partial charge in [0, 0.05) is 5.56 Å². The molecule has 0 spiro atoms. The van der Waals surface area contributed by atoms with Gasteiger partial charge in [-0.2, -0.15) is 4.98 Å². The number of nitrogens with one attached hydrogen (secondary N) is 2. The zero-order valence-electron chi connectivity index (χ0n) is 10.5. The molecular formula is C11H14N4O3S. The Morgan fingerprint density at radius 1 is 1.42 bits per heavy atom. The smallest absolute Gasteiger partial charge is 0.335 e. The fraction of sp³-hybridized carbons (Fsp3) is 0.273. The second-order valence-electron chi connectivity index (χ2n) is 3.63. The molecule has 8 heteroatoms. The Bertz CT molecular complexity index is 666. The molecule has 0 unspecified atom stereocenters. The Kier molecular flexibility index (Phi) is 3.82. The van der Waals surface area contributed by atoms with Gasteiger partial charge in [0.2, 0.25) is 10.0 Å². The van der Waals surface area contributed by atoms with Gasteiger partial charge in [-0.1, -0.05) is 12.1 Å². The van der Waals surface area contributed by atoms with Gasteiger partial charge in [-0.3, -0.25) is 5.10 Å². The van der Waals surface area contributed by atoms with Crippen LogP contribution in [0.25, 0.3) is 11.4 Å². The Labute approximate surface area is 111 Å². The average Bonchev–Trinajstić information content (AvgIpc) is 2.88. The lowest BCUT2D eigenvalue weighted by atomic mass is 10.2. The maximum atomic E-state index is 11.7. The highest BCUT2D eigenvalue weighted by molar-refractivity contribution is 7.89. The summed E-state index contributed by atoms with van der Waals surface area (Å²) >= 11 is 0. The Morgan fingerprint density at radius 2 is 2.21 bits per heavy atom. The molecule has 0 amide bonds. The second kappa shape index (κ2) is 5.37. The van der Waals surface area contributed by atoms with E-state index in [4.69, 9.17) is 4.74 Å². The van der Waals surface area contributed by atoms with E-state index in [1.54, 1.807) is 12.1 Å². The zero-order valence-corrected chi connectivity index (χ0v) is 11.4. The molecule has 0 atom stereocenters. The molecule has 102 valence electrons. The molecule has 1 aromatic carbocycles. The average molecular weight is 282 g/mol. The van der Waals surface area contributed by atoms with Gasteiger partial charge < -0.3 is 4.74 Å². The number of hydrogen-bond donors (Lipinski definition) is 2. The van der Waals surface area contributed by atoms with E-state index in [0.29, 0.717) is 18.0 Å². The van der Waals surface area contributed by atoms with E-state index in [2.05, 4.69) is 19.9 Å². The van der Waals surface area contributed by atoms with Crippen LogP contribution in [0.2, 0.25) is 0 Å². The van der Waals surface area contributed by atoms with E-state index < -0.39 is 10.0 Å². The predicted molar refractivity (Wildman–Crippen MR) is 69.2 cm³/mol. The standard InChI is InChI=1S/C11H14N4O3S/c1-3-18-11-13-10(14-15-11)8-5-4-6-9(7-8)19(16,17)12-2/h4-7,12H,3H2,1-2H3,(H,13,14,15). The quantitative estimate of drug-likeness (QED) is 0.844. The van der Waals surface area contributed by atoms with Gasteiger partial charge in [-0.25, -0.2) is 13.1 Å². The minimum atomic E-state index is -3.48. The number of aromatic nitrogens is 3. The number of benzene rings is 1. The predicted octanol–water partition coefficient (Wildman–Crippen LogP) is 0.778. The lowest BCUT2D eigenvalue weighted by Gasteiger charge is -2.03. The minimum absolute atomic E-state index is 0.168. The summed E-state index contributed by atoms with van der Waals surface area (Å²) in [6, 6.07) is 6.64. The van der Waals surface area contributed by atoms with E-state index in [-0.39, 0.29) is 10.9 Å². The fourth-order valence-electron chi connectivity index (χ4n) is 1.50. The molecule has 0 bridgehead atoms. The highest BCUT2D eigenvalue weighted by Gasteiger charge is 2.13. The molecule has 0 saturated carbocycles. The van der Waals surface area contributed by atoms with Gasteiger partial charge in [0.25, 0.3) is 0 Å². The van der Waals surface area contributed by atoms with Gasteiger partial charge in [-0.05, 0) is 26.1 Å². The van der Waals surface area contributed by atoms with Gasteiger partial charge in [0.1, 0.15) is 0 Å². The Balaban J connectivity index is 2.37. The molecule has 0 saturated heterocycles. The molecule has 7 nitrogen and oxygen atoms in total. The molecule has 19 heavy (non-hydrogen) atoms. The Hall–Kier alpha value is -1.93. The molecule has 0 fully saturated rings. The van der Waals surface area contributed by atoms with Crippen molar-refractivity contribution in [1.29, 1.82) is 0 Å². The number of nitrogens with zero attached hydrogens (tertiary/aromatic N) is 2. The van der Waals surface area contributed by atoms with Crippen LogP contribution in [-0.2, 0) is 10.0 Å². The van der Waals surface area contributed by atoms with Gasteiger partial charge >= 0.3 is 6.01 Å². The summed E-state index contributed by atoms with van der Waals surface area (Å²) in [6.07, 6.45) is 0. The number of aromatic amines is 1. The van der Waals surface area contributed by atoms with Crippen molar-refractivity contribution in [3.8, 4) is 17.4 Å². The normalized spacial score (nSPS) is 11.5. The first-order chi connectivity index (χ1) is 9.06. The number of ether oxygens (including phenoxy) is 1. The van der Waals surface area contributed by atoms with Crippen molar-refractivity contribution in [2.45, 2.75) is 11.8 Å². The minimum Gasteiger partial charge on any atom is -0.463 e. The summed E-state index contributed by atoms with van der Waals surface area (Å²) in [5.74, 6) is 0.455. The highest BCUT2D eigenvalue weighted by Crippen LogP contribution is 2.20. The zero-order chi connectivity index (χ0) is 13.9.